The molecule has 1 fully saturated rings. The van der Waals surface area contributed by atoms with Crippen LogP contribution >= 0.6 is 0 Å². The van der Waals surface area contributed by atoms with E-state index in [0.717, 1.165) is 23.4 Å². The summed E-state index contributed by atoms with van der Waals surface area (Å²) >= 11 is 0. The molecule has 1 aromatic rings. The summed E-state index contributed by atoms with van der Waals surface area (Å²) in [6.07, 6.45) is 1.66. The van der Waals surface area contributed by atoms with E-state index < -0.39 is 0 Å². The molecule has 5 heteroatoms. The lowest BCUT2D eigenvalue weighted by molar-refractivity contribution is -0.115. The zero-order valence-electron chi connectivity index (χ0n) is 12.1. The molecule has 2 atom stereocenters. The third kappa shape index (κ3) is 1.93. The second-order valence-corrected chi connectivity index (χ2v) is 6.30. The monoisotopic (exact) mass is 275 g/mol. The minimum atomic E-state index is 0.0278. The Morgan fingerprint density at radius 3 is 2.85 bits per heavy atom. The van der Waals surface area contributed by atoms with Gasteiger partial charge in [-0.05, 0) is 24.1 Å². The van der Waals surface area contributed by atoms with Gasteiger partial charge in [0, 0.05) is 24.3 Å². The average Bonchev–Trinajstić information content (AvgIpc) is 2.73. The molecule has 3 rings (SSSR count). The van der Waals surface area contributed by atoms with Crippen molar-refractivity contribution in [3.05, 3.63) is 17.7 Å². The lowest BCUT2D eigenvalue weighted by Crippen LogP contribution is -2.57. The Kier molecular flexibility index (Phi) is 2.90. The van der Waals surface area contributed by atoms with Crippen LogP contribution in [0.15, 0.2) is 12.1 Å². The standard InChI is InChI=1S/C15H21N3O2/c1-15(2)12(7-13(15)20-3)17-11-6-10-8(4-9(11)16)5-14(19)18-10/h4,6,12-13,17H,5,7,16H2,1-3H3,(H,18,19). The van der Waals surface area contributed by atoms with Gasteiger partial charge in [-0.1, -0.05) is 13.8 Å². The first-order chi connectivity index (χ1) is 9.41. The zero-order valence-corrected chi connectivity index (χ0v) is 12.1. The van der Waals surface area contributed by atoms with Gasteiger partial charge in [-0.2, -0.15) is 0 Å². The maximum absolute atomic E-state index is 11.4. The maximum atomic E-state index is 11.4. The molecule has 0 bridgehead atoms. The summed E-state index contributed by atoms with van der Waals surface area (Å²) in [5.74, 6) is 0.0278. The second kappa shape index (κ2) is 4.38. The third-order valence-corrected chi connectivity index (χ3v) is 4.69. The van der Waals surface area contributed by atoms with Crippen molar-refractivity contribution in [2.24, 2.45) is 5.41 Å². The van der Waals surface area contributed by atoms with Gasteiger partial charge in [0.1, 0.15) is 0 Å². The number of anilines is 3. The van der Waals surface area contributed by atoms with Crippen molar-refractivity contribution in [3.63, 3.8) is 0 Å². The maximum Gasteiger partial charge on any atom is 0.228 e. The molecule has 0 saturated heterocycles. The molecule has 0 aromatic heterocycles. The van der Waals surface area contributed by atoms with Crippen LogP contribution in [0.2, 0.25) is 0 Å². The van der Waals surface area contributed by atoms with Crippen LogP contribution in [-0.2, 0) is 16.0 Å². The fourth-order valence-corrected chi connectivity index (χ4v) is 3.14. The summed E-state index contributed by atoms with van der Waals surface area (Å²) < 4.78 is 5.46. The number of carbonyl (C=O) groups is 1. The number of carbonyl (C=O) groups excluding carboxylic acids is 1. The number of fused-ring (bicyclic) bond motifs is 1. The minimum Gasteiger partial charge on any atom is -0.397 e. The van der Waals surface area contributed by atoms with Gasteiger partial charge < -0.3 is 21.1 Å². The van der Waals surface area contributed by atoms with Gasteiger partial charge in [0.05, 0.1) is 23.9 Å². The Hall–Kier alpha value is -1.75. The van der Waals surface area contributed by atoms with E-state index in [4.69, 9.17) is 10.5 Å². The van der Waals surface area contributed by atoms with Crippen LogP contribution < -0.4 is 16.4 Å². The Morgan fingerprint density at radius 1 is 1.45 bits per heavy atom. The summed E-state index contributed by atoms with van der Waals surface area (Å²) in [7, 11) is 1.75. The van der Waals surface area contributed by atoms with Crippen molar-refractivity contribution in [3.8, 4) is 0 Å². The lowest BCUT2D eigenvalue weighted by Gasteiger charge is -2.51. The van der Waals surface area contributed by atoms with E-state index in [2.05, 4.69) is 24.5 Å². The first-order valence-corrected chi connectivity index (χ1v) is 6.93. The predicted molar refractivity (Wildman–Crippen MR) is 79.8 cm³/mol. The molecule has 1 aliphatic heterocycles. The number of rotatable bonds is 3. The molecule has 0 radical (unpaired) electrons. The Bertz CT molecular complexity index is 568. The number of hydrogen-bond acceptors (Lipinski definition) is 4. The summed E-state index contributed by atoms with van der Waals surface area (Å²) in [6.45, 7) is 4.38. The fraction of sp³-hybridized carbons (Fsp3) is 0.533. The molecule has 2 unspecified atom stereocenters. The smallest absolute Gasteiger partial charge is 0.228 e. The number of nitrogens with one attached hydrogen (secondary N) is 2. The van der Waals surface area contributed by atoms with E-state index in [1.165, 1.54) is 0 Å². The SMILES string of the molecule is COC1CC(Nc2cc3c(cc2N)CC(=O)N3)C1(C)C. The van der Waals surface area contributed by atoms with E-state index >= 15 is 0 Å². The molecule has 2 aliphatic rings. The Balaban J connectivity index is 1.80. The molecule has 0 spiro atoms. The van der Waals surface area contributed by atoms with Crippen molar-refractivity contribution in [1.82, 2.24) is 0 Å². The van der Waals surface area contributed by atoms with Crippen molar-refractivity contribution in [2.75, 3.05) is 23.5 Å². The van der Waals surface area contributed by atoms with Crippen LogP contribution in [0.3, 0.4) is 0 Å². The number of ether oxygens (including phenoxy) is 1. The van der Waals surface area contributed by atoms with E-state index in [1.807, 2.05) is 12.1 Å². The summed E-state index contributed by atoms with van der Waals surface area (Å²) in [5, 5.41) is 6.35. The molecule has 108 valence electrons. The van der Waals surface area contributed by atoms with Crippen molar-refractivity contribution >= 4 is 23.0 Å². The van der Waals surface area contributed by atoms with Crippen LogP contribution in [0.1, 0.15) is 25.8 Å². The van der Waals surface area contributed by atoms with E-state index in [1.54, 1.807) is 7.11 Å². The fourth-order valence-electron chi connectivity index (χ4n) is 3.14. The highest BCUT2D eigenvalue weighted by molar-refractivity contribution is 6.00. The molecule has 5 nitrogen and oxygen atoms in total. The van der Waals surface area contributed by atoms with Gasteiger partial charge in [-0.3, -0.25) is 4.79 Å². The summed E-state index contributed by atoms with van der Waals surface area (Å²) in [5.41, 5.74) is 9.58. The highest BCUT2D eigenvalue weighted by atomic mass is 16.5. The van der Waals surface area contributed by atoms with E-state index in [-0.39, 0.29) is 17.4 Å². The van der Waals surface area contributed by atoms with Crippen LogP contribution in [0.4, 0.5) is 17.1 Å². The molecule has 20 heavy (non-hydrogen) atoms. The van der Waals surface area contributed by atoms with Crippen molar-refractivity contribution in [2.45, 2.75) is 38.8 Å². The van der Waals surface area contributed by atoms with E-state index in [0.29, 0.717) is 18.2 Å². The molecular weight excluding hydrogens is 254 g/mol. The predicted octanol–water partition coefficient (Wildman–Crippen LogP) is 1.99. The minimum absolute atomic E-state index is 0.0278. The van der Waals surface area contributed by atoms with Crippen LogP contribution in [0.25, 0.3) is 0 Å². The Labute approximate surface area is 118 Å². The lowest BCUT2D eigenvalue weighted by atomic mass is 9.64. The first kappa shape index (κ1) is 13.2. The average molecular weight is 275 g/mol. The highest BCUT2D eigenvalue weighted by Gasteiger charge is 2.48. The zero-order chi connectivity index (χ0) is 14.5. The number of benzene rings is 1. The normalized spacial score (nSPS) is 26.6. The van der Waals surface area contributed by atoms with Gasteiger partial charge in [-0.25, -0.2) is 0 Å². The first-order valence-electron chi connectivity index (χ1n) is 6.93. The van der Waals surface area contributed by atoms with Crippen LogP contribution in [-0.4, -0.2) is 25.2 Å². The van der Waals surface area contributed by atoms with Crippen molar-refractivity contribution < 1.29 is 9.53 Å². The molecular formula is C15H21N3O2. The number of hydrogen-bond donors (Lipinski definition) is 3. The number of nitrogen functional groups attached to an aromatic ring is 1. The molecule has 4 N–H and O–H groups in total. The number of nitrogens with two attached hydrogens (primary N) is 1. The van der Waals surface area contributed by atoms with E-state index in [9.17, 15) is 4.79 Å². The van der Waals surface area contributed by atoms with Crippen LogP contribution in [0, 0.1) is 5.41 Å². The second-order valence-electron chi connectivity index (χ2n) is 6.30. The van der Waals surface area contributed by atoms with Gasteiger partial charge in [0.15, 0.2) is 0 Å². The van der Waals surface area contributed by atoms with Gasteiger partial charge in [0.25, 0.3) is 0 Å². The van der Waals surface area contributed by atoms with Gasteiger partial charge in [0.2, 0.25) is 5.91 Å². The molecule has 1 saturated carbocycles. The Morgan fingerprint density at radius 2 is 2.20 bits per heavy atom. The highest BCUT2D eigenvalue weighted by Crippen LogP contribution is 2.45. The summed E-state index contributed by atoms with van der Waals surface area (Å²) in [4.78, 5) is 11.4. The largest absolute Gasteiger partial charge is 0.397 e. The molecule has 1 amide bonds. The number of amides is 1. The molecule has 1 heterocycles. The van der Waals surface area contributed by atoms with Crippen molar-refractivity contribution in [1.29, 1.82) is 0 Å². The molecule has 1 aromatic carbocycles. The third-order valence-electron chi connectivity index (χ3n) is 4.69. The van der Waals surface area contributed by atoms with Gasteiger partial charge >= 0.3 is 0 Å². The summed E-state index contributed by atoms with van der Waals surface area (Å²) in [6, 6.07) is 4.14. The topological polar surface area (TPSA) is 76.4 Å². The van der Waals surface area contributed by atoms with Gasteiger partial charge in [-0.15, -0.1) is 0 Å². The van der Waals surface area contributed by atoms with Crippen LogP contribution in [0.5, 0.6) is 0 Å². The number of methoxy groups -OCH3 is 1. The molecule has 1 aliphatic carbocycles. The quantitative estimate of drug-likeness (QED) is 0.737.